The zero-order chi connectivity index (χ0) is 13.8. The lowest BCUT2D eigenvalue weighted by molar-refractivity contribution is 0.0950. The van der Waals surface area contributed by atoms with Gasteiger partial charge in [-0.05, 0) is 23.8 Å². The highest BCUT2D eigenvalue weighted by atomic mass is 35.5. The van der Waals surface area contributed by atoms with E-state index < -0.39 is 0 Å². The molecular weight excluding hydrogens is 307 g/mol. The Kier molecular flexibility index (Phi) is 4.64. The summed E-state index contributed by atoms with van der Waals surface area (Å²) in [6.45, 7) is 0.375. The molecule has 0 bridgehead atoms. The molecule has 1 aromatic carbocycles. The molecule has 1 heterocycles. The fraction of sp³-hybridized carbons (Fsp3) is 0.0769. The van der Waals surface area contributed by atoms with E-state index in [4.69, 9.17) is 34.8 Å². The summed E-state index contributed by atoms with van der Waals surface area (Å²) in [6, 6.07) is 8.73. The third kappa shape index (κ3) is 3.83. The first-order valence-electron chi connectivity index (χ1n) is 5.40. The third-order valence-electron chi connectivity index (χ3n) is 2.40. The molecule has 0 fully saturated rings. The summed E-state index contributed by atoms with van der Waals surface area (Å²) >= 11 is 17.4. The van der Waals surface area contributed by atoms with Crippen molar-refractivity contribution >= 4 is 40.7 Å². The highest BCUT2D eigenvalue weighted by Crippen LogP contribution is 2.19. The van der Waals surface area contributed by atoms with Gasteiger partial charge < -0.3 is 5.32 Å². The number of hydrogen-bond acceptors (Lipinski definition) is 2. The molecule has 0 radical (unpaired) electrons. The van der Waals surface area contributed by atoms with E-state index in [-0.39, 0.29) is 16.1 Å². The van der Waals surface area contributed by atoms with E-state index in [9.17, 15) is 4.79 Å². The number of amides is 1. The fourth-order valence-corrected chi connectivity index (χ4v) is 1.96. The van der Waals surface area contributed by atoms with Gasteiger partial charge in [0.25, 0.3) is 5.91 Å². The SMILES string of the molecule is O=C(NCc1cccc(Cl)c1)c1cnc(Cl)c(Cl)c1. The van der Waals surface area contributed by atoms with E-state index >= 15 is 0 Å². The number of aromatic nitrogens is 1. The van der Waals surface area contributed by atoms with Gasteiger partial charge in [0.2, 0.25) is 0 Å². The van der Waals surface area contributed by atoms with Crippen LogP contribution in [-0.4, -0.2) is 10.9 Å². The summed E-state index contributed by atoms with van der Waals surface area (Å²) < 4.78 is 0. The second-order valence-corrected chi connectivity index (χ2v) is 5.01. The number of nitrogens with zero attached hydrogens (tertiary/aromatic N) is 1. The average molecular weight is 316 g/mol. The van der Waals surface area contributed by atoms with E-state index in [0.29, 0.717) is 17.1 Å². The van der Waals surface area contributed by atoms with Crippen molar-refractivity contribution in [1.82, 2.24) is 10.3 Å². The van der Waals surface area contributed by atoms with Crippen molar-refractivity contribution in [1.29, 1.82) is 0 Å². The van der Waals surface area contributed by atoms with Gasteiger partial charge >= 0.3 is 0 Å². The average Bonchev–Trinajstić information content (AvgIpc) is 2.39. The maximum Gasteiger partial charge on any atom is 0.253 e. The molecule has 1 N–H and O–H groups in total. The molecule has 1 amide bonds. The molecule has 19 heavy (non-hydrogen) atoms. The van der Waals surface area contributed by atoms with Crippen LogP contribution in [0.4, 0.5) is 0 Å². The number of benzene rings is 1. The monoisotopic (exact) mass is 314 g/mol. The number of rotatable bonds is 3. The van der Waals surface area contributed by atoms with Crippen molar-refractivity contribution in [2.45, 2.75) is 6.54 Å². The normalized spacial score (nSPS) is 10.3. The van der Waals surface area contributed by atoms with Crippen LogP contribution in [0.2, 0.25) is 15.2 Å². The summed E-state index contributed by atoms with van der Waals surface area (Å²) in [4.78, 5) is 15.7. The molecule has 0 saturated heterocycles. The predicted octanol–water partition coefficient (Wildman–Crippen LogP) is 3.97. The number of pyridine rings is 1. The number of carbonyl (C=O) groups is 1. The fourth-order valence-electron chi connectivity index (χ4n) is 1.48. The lowest BCUT2D eigenvalue weighted by atomic mass is 10.2. The van der Waals surface area contributed by atoms with Crippen LogP contribution in [0.15, 0.2) is 36.5 Å². The van der Waals surface area contributed by atoms with E-state index in [0.717, 1.165) is 5.56 Å². The van der Waals surface area contributed by atoms with Gasteiger partial charge in [-0.2, -0.15) is 0 Å². The zero-order valence-electron chi connectivity index (χ0n) is 9.66. The van der Waals surface area contributed by atoms with Crippen molar-refractivity contribution in [3.05, 3.63) is 62.9 Å². The molecule has 6 heteroatoms. The first-order valence-corrected chi connectivity index (χ1v) is 6.53. The minimum atomic E-state index is -0.272. The number of nitrogens with one attached hydrogen (secondary N) is 1. The largest absolute Gasteiger partial charge is 0.348 e. The van der Waals surface area contributed by atoms with Gasteiger partial charge in [-0.1, -0.05) is 46.9 Å². The van der Waals surface area contributed by atoms with Crippen molar-refractivity contribution in [3.63, 3.8) is 0 Å². The Bertz CT molecular complexity index is 617. The summed E-state index contributed by atoms with van der Waals surface area (Å²) in [6.07, 6.45) is 1.38. The van der Waals surface area contributed by atoms with Crippen LogP contribution in [0.25, 0.3) is 0 Å². The van der Waals surface area contributed by atoms with Crippen molar-refractivity contribution < 1.29 is 4.79 Å². The Morgan fingerprint density at radius 3 is 2.68 bits per heavy atom. The van der Waals surface area contributed by atoms with Crippen molar-refractivity contribution in [3.8, 4) is 0 Å². The predicted molar refractivity (Wildman–Crippen MR) is 76.9 cm³/mol. The molecule has 2 aromatic rings. The molecule has 0 aliphatic heterocycles. The lowest BCUT2D eigenvalue weighted by Gasteiger charge is -2.06. The van der Waals surface area contributed by atoms with Crippen LogP contribution in [0.5, 0.6) is 0 Å². The number of halogens is 3. The van der Waals surface area contributed by atoms with E-state index in [2.05, 4.69) is 10.3 Å². The second kappa shape index (κ2) is 6.24. The van der Waals surface area contributed by atoms with E-state index in [1.807, 2.05) is 12.1 Å². The molecule has 0 saturated carbocycles. The second-order valence-electron chi connectivity index (χ2n) is 3.81. The van der Waals surface area contributed by atoms with Gasteiger partial charge in [0.1, 0.15) is 5.15 Å². The van der Waals surface area contributed by atoms with Gasteiger partial charge in [-0.15, -0.1) is 0 Å². The number of carbonyl (C=O) groups excluding carboxylic acids is 1. The third-order valence-corrected chi connectivity index (χ3v) is 3.32. The maximum absolute atomic E-state index is 11.9. The Balaban J connectivity index is 2.03. The van der Waals surface area contributed by atoms with Gasteiger partial charge in [0.15, 0.2) is 0 Å². The van der Waals surface area contributed by atoms with Crippen molar-refractivity contribution in [2.24, 2.45) is 0 Å². The topological polar surface area (TPSA) is 42.0 Å². The molecular formula is C13H9Cl3N2O. The zero-order valence-corrected chi connectivity index (χ0v) is 11.9. The molecule has 2 rings (SSSR count). The maximum atomic E-state index is 11.9. The minimum Gasteiger partial charge on any atom is -0.348 e. The Labute approximate surface area is 125 Å². The van der Waals surface area contributed by atoms with Crippen LogP contribution in [0.1, 0.15) is 15.9 Å². The summed E-state index contributed by atoms with van der Waals surface area (Å²) in [5.74, 6) is -0.272. The quantitative estimate of drug-likeness (QED) is 0.871. The van der Waals surface area contributed by atoms with Crippen LogP contribution < -0.4 is 5.32 Å². The summed E-state index contributed by atoms with van der Waals surface area (Å²) in [5, 5.41) is 3.80. The molecule has 1 aromatic heterocycles. The smallest absolute Gasteiger partial charge is 0.253 e. The molecule has 0 spiro atoms. The van der Waals surface area contributed by atoms with Crippen LogP contribution >= 0.6 is 34.8 Å². The highest BCUT2D eigenvalue weighted by molar-refractivity contribution is 6.41. The van der Waals surface area contributed by atoms with Crippen LogP contribution in [0, 0.1) is 0 Å². The number of hydrogen-bond donors (Lipinski definition) is 1. The van der Waals surface area contributed by atoms with Gasteiger partial charge in [-0.25, -0.2) is 4.98 Å². The van der Waals surface area contributed by atoms with E-state index in [1.54, 1.807) is 12.1 Å². The molecule has 0 unspecified atom stereocenters. The summed E-state index contributed by atoms with van der Waals surface area (Å²) in [7, 11) is 0. The Hall–Kier alpha value is -1.29. The standard InChI is InChI=1S/C13H9Cl3N2O/c14-10-3-1-2-8(4-10)6-18-13(19)9-5-11(15)12(16)17-7-9/h1-5,7H,6H2,(H,18,19). The highest BCUT2D eigenvalue weighted by Gasteiger charge is 2.08. The van der Waals surface area contributed by atoms with Crippen LogP contribution in [0.3, 0.4) is 0 Å². The molecule has 3 nitrogen and oxygen atoms in total. The van der Waals surface area contributed by atoms with Gasteiger partial charge in [0, 0.05) is 17.8 Å². The van der Waals surface area contributed by atoms with Gasteiger partial charge in [0.05, 0.1) is 10.6 Å². The van der Waals surface area contributed by atoms with Gasteiger partial charge in [-0.3, -0.25) is 4.79 Å². The Morgan fingerprint density at radius 1 is 1.21 bits per heavy atom. The van der Waals surface area contributed by atoms with Crippen molar-refractivity contribution in [2.75, 3.05) is 0 Å². The van der Waals surface area contributed by atoms with E-state index in [1.165, 1.54) is 12.3 Å². The lowest BCUT2D eigenvalue weighted by Crippen LogP contribution is -2.22. The molecule has 0 aliphatic carbocycles. The molecule has 0 aliphatic rings. The first kappa shape index (κ1) is 14.1. The molecule has 0 atom stereocenters. The first-order chi connectivity index (χ1) is 9.06. The van der Waals surface area contributed by atoms with Crippen LogP contribution in [-0.2, 0) is 6.54 Å². The minimum absolute atomic E-state index is 0.174. The Morgan fingerprint density at radius 2 is 2.00 bits per heavy atom. The molecule has 98 valence electrons. The summed E-state index contributed by atoms with van der Waals surface area (Å²) in [5.41, 5.74) is 1.27.